The van der Waals surface area contributed by atoms with Gasteiger partial charge in [-0.2, -0.15) is 0 Å². The first-order valence-corrected chi connectivity index (χ1v) is 11.3. The van der Waals surface area contributed by atoms with Crippen molar-refractivity contribution >= 4 is 17.2 Å². The fourth-order valence-electron chi connectivity index (χ4n) is 7.07. The molecule has 0 spiro atoms. The molecule has 4 fully saturated rings. The fraction of sp³-hybridized carbons (Fsp3) is 0.870. The zero-order valence-electron chi connectivity index (χ0n) is 18.4. The van der Waals surface area contributed by atoms with Gasteiger partial charge in [0.25, 0.3) is 0 Å². The number of nitrogens with two attached hydrogens (primary N) is 1. The molecule has 0 bridgehead atoms. The van der Waals surface area contributed by atoms with E-state index in [4.69, 9.17) is 10.6 Å². The van der Waals surface area contributed by atoms with Gasteiger partial charge in [0.15, 0.2) is 0 Å². The number of rotatable bonds is 3. The van der Waals surface area contributed by atoms with Crippen LogP contribution in [0.25, 0.3) is 0 Å². The molecule has 0 aliphatic heterocycles. The standard InChI is InChI=1S/C23H37N3O3/c1-21(2,13-24)29-26-14-7-9-22(3)17-8-10-23(4)16(5-6-20(23)27)15(17)12-19(25-28)18(22)11-14/h15-18,28H,5-13,24H2,1-4H3/b25-19+,26-14?/t15-,16-,17-,18?,22+,23-/m0/s1. The van der Waals surface area contributed by atoms with Crippen LogP contribution >= 0.6 is 0 Å². The predicted octanol–water partition coefficient (Wildman–Crippen LogP) is 4.15. The molecule has 0 amide bonds. The topological polar surface area (TPSA) is 97.3 Å². The SMILES string of the molecule is CC(C)(CN)ON=C1CC[C@@]2(C)C(C1)/C(=N/O)C[C@@H]1[C@@H]2CC[C@]2(C)C(=O)CC[C@@H]12. The van der Waals surface area contributed by atoms with Crippen molar-refractivity contribution in [3.8, 4) is 0 Å². The third-order valence-electron chi connectivity index (χ3n) is 9.07. The molecule has 0 aromatic heterocycles. The summed E-state index contributed by atoms with van der Waals surface area (Å²) in [6.45, 7) is 8.88. The van der Waals surface area contributed by atoms with Crippen molar-refractivity contribution in [2.45, 2.75) is 84.7 Å². The fourth-order valence-corrected chi connectivity index (χ4v) is 7.07. The Bertz CT molecular complexity index is 746. The highest BCUT2D eigenvalue weighted by molar-refractivity contribution is 5.96. The van der Waals surface area contributed by atoms with E-state index in [-0.39, 0.29) is 16.7 Å². The minimum Gasteiger partial charge on any atom is -0.411 e. The molecule has 4 aliphatic carbocycles. The maximum atomic E-state index is 12.6. The van der Waals surface area contributed by atoms with Gasteiger partial charge < -0.3 is 15.8 Å². The van der Waals surface area contributed by atoms with E-state index in [2.05, 4.69) is 24.2 Å². The van der Waals surface area contributed by atoms with Crippen LogP contribution < -0.4 is 5.73 Å². The van der Waals surface area contributed by atoms with Crippen LogP contribution in [0.15, 0.2) is 10.3 Å². The summed E-state index contributed by atoms with van der Waals surface area (Å²) in [4.78, 5) is 18.3. The summed E-state index contributed by atoms with van der Waals surface area (Å²) in [5.74, 6) is 2.14. The Kier molecular flexibility index (Phi) is 5.08. The van der Waals surface area contributed by atoms with Crippen molar-refractivity contribution in [3.63, 3.8) is 0 Å². The van der Waals surface area contributed by atoms with E-state index in [0.717, 1.165) is 62.8 Å². The van der Waals surface area contributed by atoms with Crippen LogP contribution in [-0.2, 0) is 9.63 Å². The minimum atomic E-state index is -0.470. The number of carbonyl (C=O) groups is 1. The minimum absolute atomic E-state index is 0.0971. The van der Waals surface area contributed by atoms with Gasteiger partial charge in [-0.25, -0.2) is 0 Å². The summed E-state index contributed by atoms with van der Waals surface area (Å²) in [6, 6.07) is 0. The summed E-state index contributed by atoms with van der Waals surface area (Å²) in [7, 11) is 0. The van der Waals surface area contributed by atoms with Crippen LogP contribution in [0.3, 0.4) is 0 Å². The van der Waals surface area contributed by atoms with Crippen molar-refractivity contribution in [2.75, 3.05) is 6.54 Å². The first kappa shape index (κ1) is 20.8. The van der Waals surface area contributed by atoms with E-state index in [0.29, 0.717) is 30.1 Å². The Morgan fingerprint density at radius 3 is 2.62 bits per heavy atom. The lowest BCUT2D eigenvalue weighted by Crippen LogP contribution is -2.56. The van der Waals surface area contributed by atoms with Crippen molar-refractivity contribution in [1.82, 2.24) is 0 Å². The second-order valence-corrected chi connectivity index (χ2v) is 11.1. The number of nitrogens with zero attached hydrogens (tertiary/aromatic N) is 2. The average Bonchev–Trinajstić information content (AvgIpc) is 3.00. The number of fused-ring (bicyclic) bond motifs is 5. The van der Waals surface area contributed by atoms with E-state index in [1.807, 2.05) is 13.8 Å². The first-order valence-electron chi connectivity index (χ1n) is 11.3. The van der Waals surface area contributed by atoms with E-state index in [1.165, 1.54) is 0 Å². The van der Waals surface area contributed by atoms with Gasteiger partial charge in [0, 0.05) is 24.3 Å². The van der Waals surface area contributed by atoms with Gasteiger partial charge in [-0.05, 0) is 82.0 Å². The van der Waals surface area contributed by atoms with E-state index >= 15 is 0 Å². The monoisotopic (exact) mass is 403 g/mol. The lowest BCUT2D eigenvalue weighted by atomic mass is 9.45. The van der Waals surface area contributed by atoms with Gasteiger partial charge >= 0.3 is 0 Å². The third-order valence-corrected chi connectivity index (χ3v) is 9.07. The normalized spacial score (nSPS) is 45.1. The van der Waals surface area contributed by atoms with Crippen molar-refractivity contribution in [3.05, 3.63) is 0 Å². The Morgan fingerprint density at radius 1 is 1.17 bits per heavy atom. The molecule has 1 unspecified atom stereocenters. The molecule has 4 saturated carbocycles. The van der Waals surface area contributed by atoms with Crippen LogP contribution in [0, 0.1) is 34.5 Å². The lowest BCUT2D eigenvalue weighted by molar-refractivity contribution is -0.133. The molecule has 6 atom stereocenters. The highest BCUT2D eigenvalue weighted by Gasteiger charge is 2.61. The number of ketones is 1. The van der Waals surface area contributed by atoms with Gasteiger partial charge in [-0.15, -0.1) is 0 Å². The zero-order valence-corrected chi connectivity index (χ0v) is 18.4. The summed E-state index contributed by atoms with van der Waals surface area (Å²) in [6.07, 6.45) is 7.40. The van der Waals surface area contributed by atoms with Crippen molar-refractivity contribution in [2.24, 2.45) is 50.5 Å². The van der Waals surface area contributed by atoms with E-state index < -0.39 is 5.60 Å². The molecular formula is C23H37N3O3. The number of hydrogen-bond acceptors (Lipinski definition) is 6. The highest BCUT2D eigenvalue weighted by atomic mass is 16.6. The van der Waals surface area contributed by atoms with Crippen molar-refractivity contribution < 1.29 is 14.8 Å². The molecule has 0 heterocycles. The number of carbonyl (C=O) groups excluding carboxylic acids is 1. The maximum absolute atomic E-state index is 12.6. The molecule has 0 radical (unpaired) electrons. The Morgan fingerprint density at radius 2 is 1.93 bits per heavy atom. The Hall–Kier alpha value is -1.43. The predicted molar refractivity (Wildman–Crippen MR) is 113 cm³/mol. The largest absolute Gasteiger partial charge is 0.411 e. The quantitative estimate of drug-likeness (QED) is 0.546. The van der Waals surface area contributed by atoms with Gasteiger partial charge in [0.05, 0.1) is 11.4 Å². The molecule has 29 heavy (non-hydrogen) atoms. The molecule has 0 saturated heterocycles. The van der Waals surface area contributed by atoms with E-state index in [9.17, 15) is 10.0 Å². The van der Waals surface area contributed by atoms with Crippen LogP contribution in [0.4, 0.5) is 0 Å². The second kappa shape index (κ2) is 7.07. The molecule has 3 N–H and O–H groups in total. The number of Topliss-reactive ketones (excluding diaryl/α,β-unsaturated/α-hetero) is 1. The van der Waals surface area contributed by atoms with Gasteiger partial charge in [0.1, 0.15) is 11.4 Å². The van der Waals surface area contributed by atoms with Gasteiger partial charge in [-0.1, -0.05) is 24.2 Å². The Balaban J connectivity index is 1.59. The second-order valence-electron chi connectivity index (χ2n) is 11.1. The Labute approximate surface area is 174 Å². The van der Waals surface area contributed by atoms with Crippen LogP contribution in [-0.4, -0.2) is 34.6 Å². The summed E-state index contributed by atoms with van der Waals surface area (Å²) in [5, 5.41) is 18.2. The number of oxime groups is 2. The molecule has 6 heteroatoms. The third kappa shape index (κ3) is 3.22. The van der Waals surface area contributed by atoms with Crippen LogP contribution in [0.2, 0.25) is 0 Å². The smallest absolute Gasteiger partial charge is 0.144 e. The molecule has 0 aromatic rings. The molecular weight excluding hydrogens is 366 g/mol. The lowest BCUT2D eigenvalue weighted by Gasteiger charge is -2.59. The average molecular weight is 404 g/mol. The molecule has 0 aromatic carbocycles. The summed E-state index contributed by atoms with van der Waals surface area (Å²) < 4.78 is 0. The zero-order chi connectivity index (χ0) is 21.0. The first-order chi connectivity index (χ1) is 13.6. The molecule has 162 valence electrons. The highest BCUT2D eigenvalue weighted by Crippen LogP contribution is 2.64. The molecule has 4 rings (SSSR count). The van der Waals surface area contributed by atoms with Gasteiger partial charge in [-0.3, -0.25) is 4.79 Å². The van der Waals surface area contributed by atoms with Crippen LogP contribution in [0.5, 0.6) is 0 Å². The van der Waals surface area contributed by atoms with Crippen LogP contribution in [0.1, 0.15) is 79.1 Å². The summed E-state index contributed by atoms with van der Waals surface area (Å²) >= 11 is 0. The van der Waals surface area contributed by atoms with Crippen molar-refractivity contribution in [1.29, 1.82) is 0 Å². The maximum Gasteiger partial charge on any atom is 0.144 e. The van der Waals surface area contributed by atoms with E-state index in [1.54, 1.807) is 0 Å². The molecule has 6 nitrogen and oxygen atoms in total. The number of hydrogen-bond donors (Lipinski definition) is 2. The summed E-state index contributed by atoms with van der Waals surface area (Å²) in [5.41, 5.74) is 7.18. The molecule has 4 aliphatic rings. The van der Waals surface area contributed by atoms with Gasteiger partial charge in [0.2, 0.25) is 0 Å².